The second-order valence-corrected chi connectivity index (χ2v) is 4.76. The van der Waals surface area contributed by atoms with Gasteiger partial charge < -0.3 is 10.5 Å². The number of methoxy groups -OCH3 is 1. The van der Waals surface area contributed by atoms with Gasteiger partial charge in [-0.05, 0) is 52.1 Å². The van der Waals surface area contributed by atoms with E-state index in [-0.39, 0.29) is 0 Å². The van der Waals surface area contributed by atoms with Crippen molar-refractivity contribution in [3.63, 3.8) is 0 Å². The van der Waals surface area contributed by atoms with Crippen LogP contribution in [0.15, 0.2) is 0 Å². The number of nitrogens with two attached hydrogens (primary N) is 1. The van der Waals surface area contributed by atoms with Gasteiger partial charge in [-0.15, -0.1) is 0 Å². The van der Waals surface area contributed by atoms with Crippen molar-refractivity contribution < 1.29 is 4.74 Å². The summed E-state index contributed by atoms with van der Waals surface area (Å²) >= 11 is 0. The molecule has 0 aromatic rings. The molecule has 3 atom stereocenters. The third-order valence-electron chi connectivity index (χ3n) is 3.75. The monoisotopic (exact) mass is 214 g/mol. The summed E-state index contributed by atoms with van der Waals surface area (Å²) in [5.41, 5.74) is 5.62. The Balaban J connectivity index is 2.41. The first-order valence-corrected chi connectivity index (χ1v) is 6.16. The molecular weight excluding hydrogens is 188 g/mol. The molecule has 1 heterocycles. The maximum Gasteiger partial charge on any atom is 0.0695 e. The number of hydrogen-bond acceptors (Lipinski definition) is 3. The highest BCUT2D eigenvalue weighted by molar-refractivity contribution is 4.80. The molecule has 1 aliphatic rings. The second kappa shape index (κ2) is 6.46. The molecule has 0 aromatic heterocycles. The van der Waals surface area contributed by atoms with Gasteiger partial charge >= 0.3 is 0 Å². The minimum atomic E-state index is 0.321. The maximum absolute atomic E-state index is 5.62. The fourth-order valence-corrected chi connectivity index (χ4v) is 2.43. The highest BCUT2D eigenvalue weighted by Gasteiger charge is 2.25. The Labute approximate surface area is 94.0 Å². The number of ether oxygens (including phenoxy) is 1. The molecule has 0 aliphatic carbocycles. The summed E-state index contributed by atoms with van der Waals surface area (Å²) in [4.78, 5) is 2.55. The van der Waals surface area contributed by atoms with E-state index in [4.69, 9.17) is 10.5 Å². The summed E-state index contributed by atoms with van der Waals surface area (Å²) in [5.74, 6) is 0.801. The van der Waals surface area contributed by atoms with Crippen molar-refractivity contribution in [3.05, 3.63) is 0 Å². The van der Waals surface area contributed by atoms with Crippen LogP contribution in [0.2, 0.25) is 0 Å². The third kappa shape index (κ3) is 3.74. The van der Waals surface area contributed by atoms with Gasteiger partial charge in [0.2, 0.25) is 0 Å². The van der Waals surface area contributed by atoms with E-state index in [9.17, 15) is 0 Å². The first kappa shape index (κ1) is 12.9. The number of piperidine rings is 1. The van der Waals surface area contributed by atoms with Crippen molar-refractivity contribution in [2.45, 2.75) is 45.3 Å². The lowest BCUT2D eigenvalue weighted by molar-refractivity contribution is 0.0145. The molecule has 0 aromatic carbocycles. The van der Waals surface area contributed by atoms with Gasteiger partial charge in [0.15, 0.2) is 0 Å². The molecule has 3 unspecified atom stereocenters. The number of hydrogen-bond donors (Lipinski definition) is 1. The van der Waals surface area contributed by atoms with Gasteiger partial charge in [0.25, 0.3) is 0 Å². The Morgan fingerprint density at radius 3 is 2.80 bits per heavy atom. The van der Waals surface area contributed by atoms with Crippen molar-refractivity contribution in [1.82, 2.24) is 4.90 Å². The Kier molecular flexibility index (Phi) is 5.58. The third-order valence-corrected chi connectivity index (χ3v) is 3.75. The normalized spacial score (nSPS) is 27.6. The van der Waals surface area contributed by atoms with Gasteiger partial charge in [0.05, 0.1) is 6.10 Å². The standard InChI is InChI=1S/C12H26N2O/c1-10(11(2)15-3)14-8-4-5-12(9-14)6-7-13/h10-12H,4-9,13H2,1-3H3. The number of nitrogens with zero attached hydrogens (tertiary/aromatic N) is 1. The zero-order chi connectivity index (χ0) is 11.3. The largest absolute Gasteiger partial charge is 0.380 e. The van der Waals surface area contributed by atoms with Gasteiger partial charge in [-0.3, -0.25) is 4.90 Å². The molecular formula is C12H26N2O. The molecule has 90 valence electrons. The quantitative estimate of drug-likeness (QED) is 0.753. The van der Waals surface area contributed by atoms with Crippen molar-refractivity contribution in [2.75, 3.05) is 26.7 Å². The minimum absolute atomic E-state index is 0.321. The van der Waals surface area contributed by atoms with Gasteiger partial charge in [-0.1, -0.05) is 0 Å². The van der Waals surface area contributed by atoms with Crippen LogP contribution in [0.1, 0.15) is 33.1 Å². The minimum Gasteiger partial charge on any atom is -0.380 e. The van der Waals surface area contributed by atoms with Crippen LogP contribution < -0.4 is 5.73 Å². The van der Waals surface area contributed by atoms with Crippen molar-refractivity contribution in [1.29, 1.82) is 0 Å². The average molecular weight is 214 g/mol. The molecule has 15 heavy (non-hydrogen) atoms. The van der Waals surface area contributed by atoms with E-state index >= 15 is 0 Å². The zero-order valence-electron chi connectivity index (χ0n) is 10.4. The van der Waals surface area contributed by atoms with Crippen molar-refractivity contribution in [2.24, 2.45) is 11.7 Å². The van der Waals surface area contributed by atoms with E-state index < -0.39 is 0 Å². The molecule has 1 rings (SSSR count). The second-order valence-electron chi connectivity index (χ2n) is 4.76. The topological polar surface area (TPSA) is 38.5 Å². The Morgan fingerprint density at radius 2 is 2.20 bits per heavy atom. The lowest BCUT2D eigenvalue weighted by Gasteiger charge is -2.38. The van der Waals surface area contributed by atoms with Crippen LogP contribution in [0.25, 0.3) is 0 Å². The summed E-state index contributed by atoms with van der Waals surface area (Å²) < 4.78 is 5.39. The summed E-state index contributed by atoms with van der Waals surface area (Å²) in [7, 11) is 1.79. The first-order valence-electron chi connectivity index (χ1n) is 6.16. The lowest BCUT2D eigenvalue weighted by atomic mass is 9.93. The predicted molar refractivity (Wildman–Crippen MR) is 63.9 cm³/mol. The summed E-state index contributed by atoms with van der Waals surface area (Å²) in [5, 5.41) is 0. The van der Waals surface area contributed by atoms with E-state index in [2.05, 4.69) is 18.7 Å². The van der Waals surface area contributed by atoms with E-state index in [1.165, 1.54) is 32.4 Å². The highest BCUT2D eigenvalue weighted by atomic mass is 16.5. The van der Waals surface area contributed by atoms with E-state index in [0.29, 0.717) is 12.1 Å². The van der Waals surface area contributed by atoms with Crippen LogP contribution in [0.5, 0.6) is 0 Å². The zero-order valence-corrected chi connectivity index (χ0v) is 10.4. The Bertz CT molecular complexity index is 173. The molecule has 1 fully saturated rings. The molecule has 0 radical (unpaired) electrons. The van der Waals surface area contributed by atoms with Gasteiger partial charge in [0, 0.05) is 19.7 Å². The SMILES string of the molecule is COC(C)C(C)N1CCCC(CCN)C1. The fraction of sp³-hybridized carbons (Fsp3) is 1.00. The summed E-state index contributed by atoms with van der Waals surface area (Å²) in [6.45, 7) is 7.66. The summed E-state index contributed by atoms with van der Waals surface area (Å²) in [6, 6.07) is 0.524. The molecule has 0 saturated carbocycles. The molecule has 0 amide bonds. The van der Waals surface area contributed by atoms with Crippen LogP contribution in [0.4, 0.5) is 0 Å². The smallest absolute Gasteiger partial charge is 0.0695 e. The van der Waals surface area contributed by atoms with Gasteiger partial charge in [-0.25, -0.2) is 0 Å². The van der Waals surface area contributed by atoms with Crippen LogP contribution in [-0.2, 0) is 4.74 Å². The van der Waals surface area contributed by atoms with Crippen LogP contribution in [0.3, 0.4) is 0 Å². The van der Waals surface area contributed by atoms with Crippen LogP contribution in [0, 0.1) is 5.92 Å². The predicted octanol–water partition coefficient (Wildman–Crippen LogP) is 1.47. The van der Waals surface area contributed by atoms with Crippen molar-refractivity contribution >= 4 is 0 Å². The first-order chi connectivity index (χ1) is 7.19. The molecule has 0 spiro atoms. The van der Waals surface area contributed by atoms with Gasteiger partial charge in [-0.2, -0.15) is 0 Å². The molecule has 2 N–H and O–H groups in total. The molecule has 0 bridgehead atoms. The number of likely N-dealkylation sites (tertiary alicyclic amines) is 1. The molecule has 1 saturated heterocycles. The van der Waals surface area contributed by atoms with E-state index in [1.54, 1.807) is 7.11 Å². The van der Waals surface area contributed by atoms with E-state index in [0.717, 1.165) is 12.5 Å². The van der Waals surface area contributed by atoms with Gasteiger partial charge in [0.1, 0.15) is 0 Å². The van der Waals surface area contributed by atoms with Crippen LogP contribution >= 0.6 is 0 Å². The lowest BCUT2D eigenvalue weighted by Crippen LogP contribution is -2.46. The maximum atomic E-state index is 5.62. The Morgan fingerprint density at radius 1 is 1.47 bits per heavy atom. The highest BCUT2D eigenvalue weighted by Crippen LogP contribution is 2.22. The van der Waals surface area contributed by atoms with Crippen molar-refractivity contribution in [3.8, 4) is 0 Å². The Hall–Kier alpha value is -0.120. The number of rotatable bonds is 5. The molecule has 1 aliphatic heterocycles. The average Bonchev–Trinajstić information content (AvgIpc) is 2.28. The van der Waals surface area contributed by atoms with E-state index in [1.807, 2.05) is 0 Å². The molecule has 3 heteroatoms. The molecule has 3 nitrogen and oxygen atoms in total. The van der Waals surface area contributed by atoms with Crippen LogP contribution in [-0.4, -0.2) is 43.8 Å². The fourth-order valence-electron chi connectivity index (χ4n) is 2.43. The summed E-state index contributed by atoms with van der Waals surface area (Å²) in [6.07, 6.45) is 4.15.